The maximum Gasteiger partial charge on any atom is 0.220 e. The van der Waals surface area contributed by atoms with Crippen molar-refractivity contribution in [1.29, 1.82) is 0 Å². The highest BCUT2D eigenvalue weighted by Crippen LogP contribution is 2.23. The zero-order valence-corrected chi connectivity index (χ0v) is 23.2. The number of hydrogen-bond donors (Lipinski definition) is 3. The van der Waals surface area contributed by atoms with E-state index in [1.54, 1.807) is 55.6 Å². The van der Waals surface area contributed by atoms with Gasteiger partial charge in [-0.3, -0.25) is 14.5 Å². The summed E-state index contributed by atoms with van der Waals surface area (Å²) in [5, 5.41) is 24.1. The number of carbonyl (C=O) groups excluding carboxylic acids is 2. The Morgan fingerprint density at radius 1 is 1.03 bits per heavy atom. The minimum absolute atomic E-state index is 0.0424. The molecule has 1 fully saturated rings. The van der Waals surface area contributed by atoms with Crippen molar-refractivity contribution in [2.24, 2.45) is 0 Å². The van der Waals surface area contributed by atoms with E-state index in [1.807, 2.05) is 18.7 Å². The fourth-order valence-electron chi connectivity index (χ4n) is 4.54. The number of β-amino-alcohol motifs (C(OH)–C–C–N with tert-alkyl or cyclic N) is 1. The van der Waals surface area contributed by atoms with Gasteiger partial charge in [0.2, 0.25) is 5.91 Å². The van der Waals surface area contributed by atoms with Gasteiger partial charge in [0.15, 0.2) is 5.78 Å². The van der Waals surface area contributed by atoms with Crippen molar-refractivity contribution < 1.29 is 34.0 Å². The molecule has 1 saturated heterocycles. The summed E-state index contributed by atoms with van der Waals surface area (Å²) in [5.74, 6) is 1.10. The van der Waals surface area contributed by atoms with Crippen LogP contribution in [0.25, 0.3) is 0 Å². The second-order valence-electron chi connectivity index (χ2n) is 10.2. The van der Waals surface area contributed by atoms with Gasteiger partial charge in [-0.1, -0.05) is 12.1 Å². The first kappa shape index (κ1) is 30.6. The molecule has 2 aromatic carbocycles. The summed E-state index contributed by atoms with van der Waals surface area (Å²) in [4.78, 5) is 27.5. The smallest absolute Gasteiger partial charge is 0.220 e. The number of likely N-dealkylation sites (tertiary alicyclic amines) is 1. The first-order valence-electron chi connectivity index (χ1n) is 13.6. The molecular formula is C30H42N2O7. The van der Waals surface area contributed by atoms with Crippen molar-refractivity contribution in [3.05, 3.63) is 59.7 Å². The van der Waals surface area contributed by atoms with Gasteiger partial charge in [-0.15, -0.1) is 0 Å². The monoisotopic (exact) mass is 542 g/mol. The Kier molecular flexibility index (Phi) is 12.2. The van der Waals surface area contributed by atoms with Gasteiger partial charge in [-0.05, 0) is 68.7 Å². The van der Waals surface area contributed by atoms with Crippen LogP contribution < -0.4 is 14.8 Å². The molecule has 3 rings (SSSR count). The number of carbonyl (C=O) groups is 2. The predicted molar refractivity (Wildman–Crippen MR) is 148 cm³/mol. The van der Waals surface area contributed by atoms with Crippen LogP contribution in [0.15, 0.2) is 48.5 Å². The van der Waals surface area contributed by atoms with E-state index in [2.05, 4.69) is 5.32 Å². The highest BCUT2D eigenvalue weighted by Gasteiger charge is 2.29. The maximum atomic E-state index is 12.8. The van der Waals surface area contributed by atoms with Gasteiger partial charge in [0.1, 0.15) is 24.2 Å². The van der Waals surface area contributed by atoms with E-state index >= 15 is 0 Å². The zero-order chi connectivity index (χ0) is 28.2. The molecule has 1 aliphatic rings. The lowest BCUT2D eigenvalue weighted by Gasteiger charge is -2.29. The van der Waals surface area contributed by atoms with Crippen LogP contribution in [0.2, 0.25) is 0 Å². The van der Waals surface area contributed by atoms with Crippen molar-refractivity contribution in [3.63, 3.8) is 0 Å². The molecule has 0 aromatic heterocycles. The van der Waals surface area contributed by atoms with Gasteiger partial charge >= 0.3 is 0 Å². The van der Waals surface area contributed by atoms with Crippen LogP contribution in [0, 0.1) is 0 Å². The molecule has 0 bridgehead atoms. The molecule has 0 spiro atoms. The third-order valence-corrected chi connectivity index (χ3v) is 6.56. The number of aliphatic hydroxyl groups is 2. The zero-order valence-electron chi connectivity index (χ0n) is 23.2. The molecule has 9 nitrogen and oxygen atoms in total. The molecule has 0 unspecified atom stereocenters. The standard InChI is InChI=1S/C30H42N2O7/c1-21(2)39-26-13-9-23(10-14-26)30(36)27(20-32-16-15-24(33)19-32)31-29(35)6-4-5-28(34)22-7-11-25(12-8-22)38-18-17-37-3/h7-14,21,24,27,30,33,36H,4-6,15-20H2,1-3H3,(H,31,35)/t24-,27+,30+/m0/s1. The number of rotatable bonds is 16. The molecule has 1 heterocycles. The average Bonchev–Trinajstić information content (AvgIpc) is 3.33. The molecule has 39 heavy (non-hydrogen) atoms. The third-order valence-electron chi connectivity index (χ3n) is 6.56. The van der Waals surface area contributed by atoms with Gasteiger partial charge < -0.3 is 29.7 Å². The number of benzene rings is 2. The second kappa shape index (κ2) is 15.6. The number of aliphatic hydroxyl groups excluding tert-OH is 2. The van der Waals surface area contributed by atoms with Crippen molar-refractivity contribution in [2.45, 2.75) is 63.9 Å². The summed E-state index contributed by atoms with van der Waals surface area (Å²) in [6, 6.07) is 13.6. The molecule has 214 valence electrons. The lowest BCUT2D eigenvalue weighted by molar-refractivity contribution is -0.123. The van der Waals surface area contributed by atoms with Gasteiger partial charge in [-0.2, -0.15) is 0 Å². The quantitative estimate of drug-likeness (QED) is 0.219. The highest BCUT2D eigenvalue weighted by atomic mass is 16.5. The number of nitrogens with zero attached hydrogens (tertiary/aromatic N) is 1. The van der Waals surface area contributed by atoms with E-state index in [0.29, 0.717) is 68.3 Å². The molecule has 1 amide bonds. The van der Waals surface area contributed by atoms with Gasteiger partial charge in [-0.25, -0.2) is 0 Å². The minimum Gasteiger partial charge on any atom is -0.491 e. The van der Waals surface area contributed by atoms with Crippen molar-refractivity contribution in [2.75, 3.05) is 40.0 Å². The van der Waals surface area contributed by atoms with E-state index in [9.17, 15) is 19.8 Å². The van der Waals surface area contributed by atoms with E-state index in [1.165, 1.54) is 0 Å². The first-order valence-corrected chi connectivity index (χ1v) is 13.6. The number of ketones is 1. The number of Topliss-reactive ketones (excluding diaryl/α,β-unsaturated/α-hetero) is 1. The Morgan fingerprint density at radius 3 is 2.33 bits per heavy atom. The van der Waals surface area contributed by atoms with Gasteiger partial charge in [0.25, 0.3) is 0 Å². The Morgan fingerprint density at radius 2 is 1.72 bits per heavy atom. The summed E-state index contributed by atoms with van der Waals surface area (Å²) in [6.45, 7) is 6.43. The summed E-state index contributed by atoms with van der Waals surface area (Å²) >= 11 is 0. The molecule has 9 heteroatoms. The van der Waals surface area contributed by atoms with Crippen molar-refractivity contribution in [1.82, 2.24) is 10.2 Å². The fourth-order valence-corrected chi connectivity index (χ4v) is 4.54. The number of ether oxygens (including phenoxy) is 3. The van der Waals surface area contributed by atoms with Crippen LogP contribution >= 0.6 is 0 Å². The molecule has 3 N–H and O–H groups in total. The summed E-state index contributed by atoms with van der Waals surface area (Å²) in [5.41, 5.74) is 1.24. The summed E-state index contributed by atoms with van der Waals surface area (Å²) in [7, 11) is 1.61. The molecule has 0 aliphatic carbocycles. The Hall–Kier alpha value is -2.98. The van der Waals surface area contributed by atoms with Crippen LogP contribution in [0.4, 0.5) is 0 Å². The van der Waals surface area contributed by atoms with Crippen LogP contribution in [-0.4, -0.2) is 85.0 Å². The first-order chi connectivity index (χ1) is 18.7. The van der Waals surface area contributed by atoms with Crippen LogP contribution in [0.5, 0.6) is 11.5 Å². The van der Waals surface area contributed by atoms with E-state index in [0.717, 1.165) is 0 Å². The van der Waals surface area contributed by atoms with Crippen LogP contribution in [0.1, 0.15) is 61.6 Å². The Labute approximate surface area is 231 Å². The highest BCUT2D eigenvalue weighted by molar-refractivity contribution is 5.96. The van der Waals surface area contributed by atoms with Crippen LogP contribution in [-0.2, 0) is 9.53 Å². The van der Waals surface area contributed by atoms with E-state index < -0.39 is 18.2 Å². The summed E-state index contributed by atoms with van der Waals surface area (Å²) < 4.78 is 16.2. The van der Waals surface area contributed by atoms with E-state index in [-0.39, 0.29) is 30.6 Å². The fraction of sp³-hybridized carbons (Fsp3) is 0.533. The molecule has 3 atom stereocenters. The summed E-state index contributed by atoms with van der Waals surface area (Å²) in [6.07, 6.45) is 0.163. The minimum atomic E-state index is -0.939. The molecule has 2 aromatic rings. The maximum absolute atomic E-state index is 12.8. The van der Waals surface area contributed by atoms with Crippen molar-refractivity contribution in [3.8, 4) is 11.5 Å². The molecule has 0 saturated carbocycles. The molecule has 0 radical (unpaired) electrons. The predicted octanol–water partition coefficient (Wildman–Crippen LogP) is 3.14. The molecule has 1 aliphatic heterocycles. The van der Waals surface area contributed by atoms with Gasteiger partial charge in [0.05, 0.1) is 24.9 Å². The second-order valence-corrected chi connectivity index (χ2v) is 10.2. The number of amides is 1. The van der Waals surface area contributed by atoms with Crippen LogP contribution in [0.3, 0.4) is 0 Å². The van der Waals surface area contributed by atoms with Crippen molar-refractivity contribution >= 4 is 11.7 Å². The number of hydrogen-bond acceptors (Lipinski definition) is 8. The molecular weight excluding hydrogens is 500 g/mol. The average molecular weight is 543 g/mol. The Bertz CT molecular complexity index is 1030. The lowest BCUT2D eigenvalue weighted by atomic mass is 10.0. The Balaban J connectivity index is 1.53. The SMILES string of the molecule is COCCOc1ccc(C(=O)CCCC(=O)N[C@H](CN2CC[C@H](O)C2)[C@H](O)c2ccc(OC(C)C)cc2)cc1. The number of nitrogens with one attached hydrogen (secondary N) is 1. The topological polar surface area (TPSA) is 118 Å². The van der Waals surface area contributed by atoms with E-state index in [4.69, 9.17) is 14.2 Å². The lowest BCUT2D eigenvalue weighted by Crippen LogP contribution is -2.47. The number of methoxy groups -OCH3 is 1. The normalized spacial score (nSPS) is 17.1. The third kappa shape index (κ3) is 10.3. The van der Waals surface area contributed by atoms with Gasteiger partial charge in [0, 0.05) is 45.1 Å². The largest absolute Gasteiger partial charge is 0.491 e.